The number of benzene rings is 2. The van der Waals surface area contributed by atoms with E-state index in [4.69, 9.17) is 0 Å². The minimum Gasteiger partial charge on any atom is -0.481 e. The van der Waals surface area contributed by atoms with E-state index in [1.165, 1.54) is 11.1 Å². The van der Waals surface area contributed by atoms with Crippen LogP contribution < -0.4 is 0 Å². The van der Waals surface area contributed by atoms with Crippen molar-refractivity contribution in [2.45, 2.75) is 46.5 Å². The largest absolute Gasteiger partial charge is 0.481 e. The van der Waals surface area contributed by atoms with Gasteiger partial charge in [-0.1, -0.05) is 43.2 Å². The second-order valence-corrected chi connectivity index (χ2v) is 6.85. The highest BCUT2D eigenvalue weighted by Crippen LogP contribution is 2.33. The third-order valence-corrected chi connectivity index (χ3v) is 4.77. The van der Waals surface area contributed by atoms with Crippen molar-refractivity contribution in [2.24, 2.45) is 0 Å². The van der Waals surface area contributed by atoms with E-state index in [2.05, 4.69) is 62.2 Å². The van der Waals surface area contributed by atoms with Gasteiger partial charge in [0.15, 0.2) is 0 Å². The second-order valence-electron chi connectivity index (χ2n) is 6.85. The third kappa shape index (κ3) is 3.60. The van der Waals surface area contributed by atoms with Crippen molar-refractivity contribution < 1.29 is 9.90 Å². The van der Waals surface area contributed by atoms with Gasteiger partial charge >= 0.3 is 5.97 Å². The van der Waals surface area contributed by atoms with E-state index < -0.39 is 5.97 Å². The maximum Gasteiger partial charge on any atom is 0.307 e. The Morgan fingerprint density at radius 2 is 1.92 bits per heavy atom. The van der Waals surface area contributed by atoms with Crippen molar-refractivity contribution in [2.75, 3.05) is 0 Å². The van der Waals surface area contributed by atoms with E-state index in [0.717, 1.165) is 52.5 Å². The lowest BCUT2D eigenvalue weighted by Gasteiger charge is -2.08. The summed E-state index contributed by atoms with van der Waals surface area (Å²) in [6.45, 7) is 6.33. The molecule has 1 aromatic heterocycles. The summed E-state index contributed by atoms with van der Waals surface area (Å²) >= 11 is 0. The summed E-state index contributed by atoms with van der Waals surface area (Å²) in [6, 6.07) is 12.7. The van der Waals surface area contributed by atoms with E-state index in [9.17, 15) is 9.90 Å². The molecule has 2 aromatic carbocycles. The molecular weight excluding hydrogens is 310 g/mol. The lowest BCUT2D eigenvalue weighted by Crippen LogP contribution is -2.01. The van der Waals surface area contributed by atoms with Gasteiger partial charge < -0.3 is 10.1 Å². The molecule has 0 atom stereocenters. The second kappa shape index (κ2) is 7.14. The van der Waals surface area contributed by atoms with E-state index in [1.54, 1.807) is 0 Å². The molecule has 0 saturated heterocycles. The number of carboxylic acids is 1. The van der Waals surface area contributed by atoms with Gasteiger partial charge in [0.2, 0.25) is 0 Å². The fourth-order valence-corrected chi connectivity index (χ4v) is 3.49. The monoisotopic (exact) mass is 335 g/mol. The van der Waals surface area contributed by atoms with Crippen LogP contribution in [0.15, 0.2) is 36.4 Å². The van der Waals surface area contributed by atoms with Gasteiger partial charge in [0.05, 0.1) is 12.1 Å². The molecule has 2 N–H and O–H groups in total. The normalized spacial score (nSPS) is 11.2. The Morgan fingerprint density at radius 3 is 2.60 bits per heavy atom. The van der Waals surface area contributed by atoms with Crippen LogP contribution in [0.2, 0.25) is 0 Å². The lowest BCUT2D eigenvalue weighted by molar-refractivity contribution is -0.136. The first-order chi connectivity index (χ1) is 12.0. The molecule has 0 saturated carbocycles. The fourth-order valence-electron chi connectivity index (χ4n) is 3.49. The van der Waals surface area contributed by atoms with E-state index >= 15 is 0 Å². The van der Waals surface area contributed by atoms with Crippen LogP contribution in [-0.2, 0) is 17.6 Å². The quantitative estimate of drug-likeness (QED) is 0.632. The molecule has 3 nitrogen and oxygen atoms in total. The predicted molar refractivity (Wildman–Crippen MR) is 103 cm³/mol. The maximum absolute atomic E-state index is 11.5. The van der Waals surface area contributed by atoms with Crippen molar-refractivity contribution in [3.63, 3.8) is 0 Å². The molecule has 3 rings (SSSR count). The first-order valence-corrected chi connectivity index (χ1v) is 8.92. The molecule has 3 heteroatoms. The molecule has 0 spiro atoms. The van der Waals surface area contributed by atoms with Gasteiger partial charge in [0, 0.05) is 16.5 Å². The Balaban J connectivity index is 2.18. The molecule has 0 aliphatic rings. The summed E-state index contributed by atoms with van der Waals surface area (Å²) in [7, 11) is 0. The van der Waals surface area contributed by atoms with Crippen LogP contribution in [0.5, 0.6) is 0 Å². The summed E-state index contributed by atoms with van der Waals surface area (Å²) in [5.41, 5.74) is 7.53. The zero-order chi connectivity index (χ0) is 18.0. The number of hydrogen-bond donors (Lipinski definition) is 2. The molecule has 0 bridgehead atoms. The number of fused-ring (bicyclic) bond motifs is 1. The van der Waals surface area contributed by atoms with Crippen LogP contribution in [0.1, 0.15) is 42.0 Å². The molecule has 0 radical (unpaired) electrons. The van der Waals surface area contributed by atoms with E-state index in [1.807, 2.05) is 0 Å². The standard InChI is InChI=1S/C22H25NO2/c1-4-5-6-16-8-10-20-18(12-16)19(13-21(24)25)22(23-20)17-9-7-14(2)11-15(17)3/h7-12,23H,4-6,13H2,1-3H3,(H,24,25). The number of aliphatic carboxylic acids is 1. The molecule has 0 unspecified atom stereocenters. The van der Waals surface area contributed by atoms with E-state index in [0.29, 0.717) is 0 Å². The molecule has 0 fully saturated rings. The van der Waals surface area contributed by atoms with Crippen LogP contribution in [0, 0.1) is 13.8 Å². The summed E-state index contributed by atoms with van der Waals surface area (Å²) < 4.78 is 0. The first kappa shape index (κ1) is 17.3. The Morgan fingerprint density at radius 1 is 1.12 bits per heavy atom. The Labute approximate surface area is 148 Å². The molecule has 0 amide bonds. The lowest BCUT2D eigenvalue weighted by atomic mass is 9.97. The number of aromatic amines is 1. The Kier molecular flexibility index (Phi) is 4.93. The minimum atomic E-state index is -0.800. The zero-order valence-electron chi connectivity index (χ0n) is 15.1. The van der Waals surface area contributed by atoms with Gasteiger partial charge in [-0.2, -0.15) is 0 Å². The topological polar surface area (TPSA) is 53.1 Å². The van der Waals surface area contributed by atoms with Gasteiger partial charge in [-0.3, -0.25) is 4.79 Å². The van der Waals surface area contributed by atoms with Gasteiger partial charge in [-0.05, 0) is 55.5 Å². The van der Waals surface area contributed by atoms with Crippen molar-refractivity contribution >= 4 is 16.9 Å². The van der Waals surface area contributed by atoms with Crippen molar-refractivity contribution in [1.29, 1.82) is 0 Å². The average molecular weight is 335 g/mol. The van der Waals surface area contributed by atoms with Crippen molar-refractivity contribution in [3.05, 3.63) is 58.7 Å². The zero-order valence-corrected chi connectivity index (χ0v) is 15.1. The summed E-state index contributed by atoms with van der Waals surface area (Å²) in [4.78, 5) is 14.9. The summed E-state index contributed by atoms with van der Waals surface area (Å²) in [5.74, 6) is -0.800. The Bertz CT molecular complexity index is 921. The van der Waals surface area contributed by atoms with Crippen LogP contribution >= 0.6 is 0 Å². The minimum absolute atomic E-state index is 0.0277. The molecule has 3 aromatic rings. The number of rotatable bonds is 6. The molecule has 130 valence electrons. The highest BCUT2D eigenvalue weighted by atomic mass is 16.4. The predicted octanol–water partition coefficient (Wildman–Crippen LogP) is 5.42. The molecule has 0 aliphatic heterocycles. The number of unbranched alkanes of at least 4 members (excludes halogenated alkanes) is 1. The number of H-pyrrole nitrogens is 1. The first-order valence-electron chi connectivity index (χ1n) is 8.92. The van der Waals surface area contributed by atoms with Crippen LogP contribution in [0.3, 0.4) is 0 Å². The van der Waals surface area contributed by atoms with Gasteiger partial charge in [0.25, 0.3) is 0 Å². The number of aryl methyl sites for hydroxylation is 3. The summed E-state index contributed by atoms with van der Waals surface area (Å²) in [6.07, 6.45) is 3.36. The number of carbonyl (C=O) groups is 1. The summed E-state index contributed by atoms with van der Waals surface area (Å²) in [5, 5.41) is 10.5. The Hall–Kier alpha value is -2.55. The van der Waals surface area contributed by atoms with Gasteiger partial charge in [-0.25, -0.2) is 0 Å². The average Bonchev–Trinajstić information content (AvgIpc) is 2.90. The highest BCUT2D eigenvalue weighted by Gasteiger charge is 2.17. The van der Waals surface area contributed by atoms with Gasteiger partial charge in [0.1, 0.15) is 0 Å². The van der Waals surface area contributed by atoms with E-state index in [-0.39, 0.29) is 6.42 Å². The molecule has 0 aliphatic carbocycles. The van der Waals surface area contributed by atoms with Crippen molar-refractivity contribution in [3.8, 4) is 11.3 Å². The number of aromatic nitrogens is 1. The third-order valence-electron chi connectivity index (χ3n) is 4.77. The van der Waals surface area contributed by atoms with Crippen LogP contribution in [0.25, 0.3) is 22.2 Å². The molecular formula is C22H25NO2. The highest BCUT2D eigenvalue weighted by molar-refractivity contribution is 5.94. The SMILES string of the molecule is CCCCc1ccc2[nH]c(-c3ccc(C)cc3C)c(CC(=O)O)c2c1. The smallest absolute Gasteiger partial charge is 0.307 e. The van der Waals surface area contributed by atoms with Crippen LogP contribution in [0.4, 0.5) is 0 Å². The number of carboxylic acid groups (broad SMARTS) is 1. The molecule has 1 heterocycles. The van der Waals surface area contributed by atoms with Crippen molar-refractivity contribution in [1.82, 2.24) is 4.98 Å². The molecule has 25 heavy (non-hydrogen) atoms. The fraction of sp³-hybridized carbons (Fsp3) is 0.318. The maximum atomic E-state index is 11.5. The number of nitrogens with one attached hydrogen (secondary N) is 1. The van der Waals surface area contributed by atoms with Crippen LogP contribution in [-0.4, -0.2) is 16.1 Å². The number of hydrogen-bond acceptors (Lipinski definition) is 1. The van der Waals surface area contributed by atoms with Gasteiger partial charge in [-0.15, -0.1) is 0 Å².